The van der Waals surface area contributed by atoms with E-state index in [0.29, 0.717) is 12.1 Å². The SMILES string of the molecule is CC(O)(CI)C(=O)Nc1ccc([N+](=O)[O-])c(C(F)(F)F)c1. The maximum Gasteiger partial charge on any atom is 0.423 e. The van der Waals surface area contributed by atoms with Gasteiger partial charge in [0.1, 0.15) is 11.2 Å². The Balaban J connectivity index is 3.18. The van der Waals surface area contributed by atoms with Crippen LogP contribution in [0.1, 0.15) is 12.5 Å². The summed E-state index contributed by atoms with van der Waals surface area (Å²) in [7, 11) is 0. The van der Waals surface area contributed by atoms with Gasteiger partial charge in [-0.05, 0) is 19.1 Å². The number of carbonyl (C=O) groups excluding carboxylic acids is 1. The van der Waals surface area contributed by atoms with Gasteiger partial charge in [-0.3, -0.25) is 14.9 Å². The second-order valence-electron chi connectivity index (χ2n) is 4.35. The number of rotatable bonds is 4. The Morgan fingerprint density at radius 3 is 2.48 bits per heavy atom. The van der Waals surface area contributed by atoms with Crippen LogP contribution in [0.25, 0.3) is 0 Å². The van der Waals surface area contributed by atoms with Gasteiger partial charge < -0.3 is 10.4 Å². The van der Waals surface area contributed by atoms with Gasteiger partial charge in [0.15, 0.2) is 0 Å². The van der Waals surface area contributed by atoms with Crippen molar-refractivity contribution in [1.82, 2.24) is 0 Å². The fourth-order valence-electron chi connectivity index (χ4n) is 1.33. The minimum atomic E-state index is -4.94. The molecule has 1 rings (SSSR count). The molecule has 1 atom stereocenters. The minimum absolute atomic E-state index is 0.0235. The molecule has 10 heteroatoms. The summed E-state index contributed by atoms with van der Waals surface area (Å²) in [5, 5.41) is 22.4. The summed E-state index contributed by atoms with van der Waals surface area (Å²) in [5.74, 6) is -0.904. The van der Waals surface area contributed by atoms with Crippen LogP contribution in [0.3, 0.4) is 0 Å². The Hall–Kier alpha value is -1.43. The number of aliphatic hydroxyl groups is 1. The van der Waals surface area contributed by atoms with E-state index in [1.165, 1.54) is 6.92 Å². The van der Waals surface area contributed by atoms with E-state index >= 15 is 0 Å². The lowest BCUT2D eigenvalue weighted by atomic mass is 10.1. The fourth-order valence-corrected chi connectivity index (χ4v) is 1.67. The first kappa shape index (κ1) is 17.6. The third kappa shape index (κ3) is 4.27. The number of nitro benzene ring substituents is 1. The molecule has 0 fully saturated rings. The average molecular weight is 418 g/mol. The van der Waals surface area contributed by atoms with Crippen LogP contribution in [0.15, 0.2) is 18.2 Å². The van der Waals surface area contributed by atoms with Gasteiger partial charge in [-0.2, -0.15) is 13.2 Å². The molecule has 116 valence electrons. The molecule has 1 aromatic rings. The van der Waals surface area contributed by atoms with Crippen LogP contribution < -0.4 is 5.32 Å². The number of amides is 1. The molecule has 2 N–H and O–H groups in total. The summed E-state index contributed by atoms with van der Waals surface area (Å²) in [6.07, 6.45) is -4.94. The molecule has 0 bridgehead atoms. The van der Waals surface area contributed by atoms with Crippen molar-refractivity contribution in [2.45, 2.75) is 18.7 Å². The van der Waals surface area contributed by atoms with Crippen molar-refractivity contribution in [3.05, 3.63) is 33.9 Å². The molecule has 0 spiro atoms. The van der Waals surface area contributed by atoms with E-state index in [2.05, 4.69) is 5.32 Å². The molecular formula is C11H10F3IN2O4. The van der Waals surface area contributed by atoms with Gasteiger partial charge in [0.25, 0.3) is 11.6 Å². The molecular weight excluding hydrogens is 408 g/mol. The highest BCUT2D eigenvalue weighted by Gasteiger charge is 2.39. The van der Waals surface area contributed by atoms with Gasteiger partial charge in [0.05, 0.1) is 4.92 Å². The Bertz CT molecular complexity index is 575. The maximum atomic E-state index is 12.8. The second kappa shape index (κ2) is 6.13. The zero-order valence-corrected chi connectivity index (χ0v) is 12.7. The van der Waals surface area contributed by atoms with Crippen molar-refractivity contribution in [2.75, 3.05) is 9.74 Å². The van der Waals surface area contributed by atoms with E-state index in [4.69, 9.17) is 0 Å². The lowest BCUT2D eigenvalue weighted by Gasteiger charge is -2.19. The van der Waals surface area contributed by atoms with Crippen LogP contribution in [0, 0.1) is 10.1 Å². The summed E-state index contributed by atoms with van der Waals surface area (Å²) >= 11 is 1.74. The van der Waals surface area contributed by atoms with Gasteiger partial charge >= 0.3 is 6.18 Å². The molecule has 0 aliphatic carbocycles. The first-order valence-electron chi connectivity index (χ1n) is 5.44. The van der Waals surface area contributed by atoms with E-state index in [9.17, 15) is 33.2 Å². The predicted octanol–water partition coefficient (Wildman–Crippen LogP) is 2.74. The summed E-state index contributed by atoms with van der Waals surface area (Å²) in [6, 6.07) is 2.07. The van der Waals surface area contributed by atoms with Crippen LogP contribution in [0.4, 0.5) is 24.5 Å². The Morgan fingerprint density at radius 2 is 2.05 bits per heavy atom. The third-order valence-corrected chi connectivity index (χ3v) is 3.99. The number of hydrogen-bond donors (Lipinski definition) is 2. The molecule has 0 aliphatic rings. The van der Waals surface area contributed by atoms with Crippen molar-refractivity contribution in [1.29, 1.82) is 0 Å². The first-order chi connectivity index (χ1) is 9.49. The maximum absolute atomic E-state index is 12.8. The lowest BCUT2D eigenvalue weighted by molar-refractivity contribution is -0.388. The number of nitro groups is 1. The van der Waals surface area contributed by atoms with Crippen LogP contribution in [0.2, 0.25) is 0 Å². The van der Waals surface area contributed by atoms with Gasteiger partial charge in [0.2, 0.25) is 0 Å². The van der Waals surface area contributed by atoms with Crippen molar-refractivity contribution in [2.24, 2.45) is 0 Å². The number of nitrogens with one attached hydrogen (secondary N) is 1. The van der Waals surface area contributed by atoms with Crippen LogP contribution >= 0.6 is 22.6 Å². The normalized spacial score (nSPS) is 14.4. The number of benzene rings is 1. The zero-order valence-electron chi connectivity index (χ0n) is 10.6. The second-order valence-corrected chi connectivity index (χ2v) is 5.11. The van der Waals surface area contributed by atoms with Crippen molar-refractivity contribution in [3.63, 3.8) is 0 Å². The molecule has 0 saturated carbocycles. The summed E-state index contributed by atoms with van der Waals surface area (Å²) < 4.78 is 38.3. The van der Waals surface area contributed by atoms with Crippen molar-refractivity contribution < 1.29 is 28.0 Å². The Kier molecular flexibility index (Phi) is 5.15. The number of anilines is 1. The Labute approximate surface area is 130 Å². The van der Waals surface area contributed by atoms with Gasteiger partial charge in [-0.1, -0.05) is 22.6 Å². The predicted molar refractivity (Wildman–Crippen MR) is 76.2 cm³/mol. The molecule has 1 unspecified atom stereocenters. The number of alkyl halides is 4. The van der Waals surface area contributed by atoms with E-state index in [-0.39, 0.29) is 10.1 Å². The Morgan fingerprint density at radius 1 is 1.48 bits per heavy atom. The summed E-state index contributed by atoms with van der Waals surface area (Å²) in [4.78, 5) is 21.1. The molecule has 1 aromatic carbocycles. The topological polar surface area (TPSA) is 92.5 Å². The average Bonchev–Trinajstić information content (AvgIpc) is 2.37. The number of carbonyl (C=O) groups is 1. The smallest absolute Gasteiger partial charge is 0.379 e. The minimum Gasteiger partial charge on any atom is -0.379 e. The van der Waals surface area contributed by atoms with E-state index in [1.807, 2.05) is 0 Å². The van der Waals surface area contributed by atoms with Gasteiger partial charge in [-0.25, -0.2) is 0 Å². The molecule has 1 amide bonds. The van der Waals surface area contributed by atoms with Gasteiger partial charge in [-0.15, -0.1) is 0 Å². The van der Waals surface area contributed by atoms with E-state index in [1.54, 1.807) is 22.6 Å². The zero-order chi connectivity index (χ0) is 16.4. The van der Waals surface area contributed by atoms with E-state index < -0.39 is 33.9 Å². The first-order valence-corrected chi connectivity index (χ1v) is 6.97. The van der Waals surface area contributed by atoms with E-state index in [0.717, 1.165) is 6.07 Å². The molecule has 0 aliphatic heterocycles. The largest absolute Gasteiger partial charge is 0.423 e. The molecule has 0 aromatic heterocycles. The monoisotopic (exact) mass is 418 g/mol. The van der Waals surface area contributed by atoms with Crippen molar-refractivity contribution >= 4 is 39.9 Å². The summed E-state index contributed by atoms with van der Waals surface area (Å²) in [6.45, 7) is 1.20. The van der Waals surface area contributed by atoms with Gasteiger partial charge in [0, 0.05) is 16.2 Å². The molecule has 0 heterocycles. The molecule has 6 nitrogen and oxygen atoms in total. The third-order valence-electron chi connectivity index (χ3n) is 2.51. The molecule has 0 saturated heterocycles. The highest BCUT2D eigenvalue weighted by molar-refractivity contribution is 14.1. The highest BCUT2D eigenvalue weighted by atomic mass is 127. The number of halogens is 4. The number of nitrogens with zero attached hydrogens (tertiary/aromatic N) is 1. The van der Waals surface area contributed by atoms with Crippen LogP contribution in [-0.4, -0.2) is 26.0 Å². The van der Waals surface area contributed by atoms with Crippen molar-refractivity contribution in [3.8, 4) is 0 Å². The van der Waals surface area contributed by atoms with Crippen LogP contribution in [0.5, 0.6) is 0 Å². The quantitative estimate of drug-likeness (QED) is 0.341. The fraction of sp³-hybridized carbons (Fsp3) is 0.364. The molecule has 0 radical (unpaired) electrons. The standard InChI is InChI=1S/C11H10F3IN2O4/c1-10(19,5-15)9(18)16-6-2-3-8(17(20)21)7(4-6)11(12,13)14/h2-4,19H,5H2,1H3,(H,16,18). The summed E-state index contributed by atoms with van der Waals surface area (Å²) in [5.41, 5.74) is -4.63. The van der Waals surface area contributed by atoms with Crippen LogP contribution in [-0.2, 0) is 11.0 Å². The molecule has 21 heavy (non-hydrogen) atoms. The lowest BCUT2D eigenvalue weighted by Crippen LogP contribution is -2.41. The highest BCUT2D eigenvalue weighted by Crippen LogP contribution is 2.37. The number of hydrogen-bond acceptors (Lipinski definition) is 4.